The number of hydrogen-bond acceptors (Lipinski definition) is 6. The third-order valence-electron chi connectivity index (χ3n) is 2.52. The number of carboxylic acid groups (broad SMARTS) is 1. The zero-order valence-corrected chi connectivity index (χ0v) is 14.6. The maximum absolute atomic E-state index is 11.6. The Bertz CT molecular complexity index is 677. The highest BCUT2D eigenvalue weighted by atomic mass is 127. The monoisotopic (exact) mass is 431 g/mol. The molecule has 1 rings (SSSR count). The molecule has 0 radical (unpaired) electrons. The second kappa shape index (κ2) is 8.99. The average Bonchev–Trinajstić information content (AvgIpc) is 2.50. The van der Waals surface area contributed by atoms with E-state index in [1.807, 2.05) is 22.6 Å². The third-order valence-corrected chi connectivity index (χ3v) is 3.32. The minimum absolute atomic E-state index is 0.149. The largest absolute Gasteiger partial charge is 0.493 e. The Morgan fingerprint density at radius 1 is 1.43 bits per heavy atom. The summed E-state index contributed by atoms with van der Waals surface area (Å²) < 4.78 is 15.7. The molecule has 0 amide bonds. The highest BCUT2D eigenvalue weighted by Gasteiger charge is 2.15. The summed E-state index contributed by atoms with van der Waals surface area (Å²) in [5.41, 5.74) is 0.377. The van der Waals surface area contributed by atoms with Crippen LogP contribution < -0.4 is 9.47 Å². The minimum atomic E-state index is -1.11. The van der Waals surface area contributed by atoms with Gasteiger partial charge < -0.3 is 19.3 Å². The van der Waals surface area contributed by atoms with Gasteiger partial charge in [-0.2, -0.15) is 5.26 Å². The highest BCUT2D eigenvalue weighted by molar-refractivity contribution is 14.1. The lowest BCUT2D eigenvalue weighted by Crippen LogP contribution is -2.11. The minimum Gasteiger partial charge on any atom is -0.493 e. The van der Waals surface area contributed by atoms with Crippen LogP contribution in [0.2, 0.25) is 0 Å². The lowest BCUT2D eigenvalue weighted by atomic mass is 10.1. The summed E-state index contributed by atoms with van der Waals surface area (Å²) in [7, 11) is 1.41. The Kier molecular flexibility index (Phi) is 7.34. The van der Waals surface area contributed by atoms with E-state index in [0.29, 0.717) is 14.9 Å². The Morgan fingerprint density at radius 2 is 2.13 bits per heavy atom. The van der Waals surface area contributed by atoms with E-state index in [9.17, 15) is 9.59 Å². The van der Waals surface area contributed by atoms with Crippen LogP contribution in [0, 0.1) is 14.9 Å². The molecule has 0 atom stereocenters. The van der Waals surface area contributed by atoms with Gasteiger partial charge in [-0.25, -0.2) is 9.59 Å². The number of carboxylic acids is 1. The van der Waals surface area contributed by atoms with Gasteiger partial charge in [0.1, 0.15) is 11.6 Å². The number of carbonyl (C=O) groups excluding carboxylic acids is 1. The van der Waals surface area contributed by atoms with Crippen LogP contribution >= 0.6 is 22.6 Å². The predicted molar refractivity (Wildman–Crippen MR) is 89.1 cm³/mol. The van der Waals surface area contributed by atoms with Crippen molar-refractivity contribution in [3.05, 3.63) is 26.8 Å². The van der Waals surface area contributed by atoms with Crippen molar-refractivity contribution < 1.29 is 28.9 Å². The molecule has 122 valence electrons. The van der Waals surface area contributed by atoms with Crippen molar-refractivity contribution in [3.63, 3.8) is 0 Å². The number of nitrogens with zero attached hydrogens (tertiary/aromatic N) is 1. The zero-order valence-electron chi connectivity index (χ0n) is 12.5. The van der Waals surface area contributed by atoms with Gasteiger partial charge in [-0.1, -0.05) is 0 Å². The lowest BCUT2D eigenvalue weighted by Gasteiger charge is -2.12. The summed E-state index contributed by atoms with van der Waals surface area (Å²) in [5, 5.41) is 17.7. The van der Waals surface area contributed by atoms with E-state index in [4.69, 9.17) is 24.6 Å². The molecule has 0 aliphatic heterocycles. The number of methoxy groups -OCH3 is 1. The molecule has 0 spiro atoms. The van der Waals surface area contributed by atoms with Gasteiger partial charge in [-0.05, 0) is 53.3 Å². The number of halogens is 1. The van der Waals surface area contributed by atoms with Gasteiger partial charge in [-0.15, -0.1) is 0 Å². The zero-order chi connectivity index (χ0) is 17.4. The third kappa shape index (κ3) is 5.45. The van der Waals surface area contributed by atoms with Gasteiger partial charge in [0, 0.05) is 0 Å². The van der Waals surface area contributed by atoms with Crippen LogP contribution in [0.1, 0.15) is 12.5 Å². The Labute approximate surface area is 146 Å². The van der Waals surface area contributed by atoms with Crippen molar-refractivity contribution in [2.45, 2.75) is 6.92 Å². The molecule has 1 N–H and O–H groups in total. The second-order valence-corrected chi connectivity index (χ2v) is 5.27. The fraction of sp³-hybridized carbons (Fsp3) is 0.267. The standard InChI is InChI=1S/C15H14INO6/c1-3-22-15(20)10(7-17)4-9-5-11(16)14(12(6-9)21-2)23-8-13(18)19/h4-6H,3,8H2,1-2H3,(H,18,19)/b10-4+. The van der Waals surface area contributed by atoms with E-state index in [0.717, 1.165) is 0 Å². The predicted octanol–water partition coefficient (Wildman–Crippen LogP) is 2.23. The van der Waals surface area contributed by atoms with E-state index in [1.165, 1.54) is 19.3 Å². The molecule has 0 aromatic heterocycles. The number of ether oxygens (including phenoxy) is 3. The van der Waals surface area contributed by atoms with Gasteiger partial charge in [0.2, 0.25) is 0 Å². The van der Waals surface area contributed by atoms with E-state index >= 15 is 0 Å². The van der Waals surface area contributed by atoms with E-state index < -0.39 is 18.5 Å². The molecule has 8 heteroatoms. The maximum atomic E-state index is 11.6. The molecular weight excluding hydrogens is 417 g/mol. The van der Waals surface area contributed by atoms with Gasteiger partial charge in [0.05, 0.1) is 17.3 Å². The summed E-state index contributed by atoms with van der Waals surface area (Å²) in [6, 6.07) is 4.95. The molecule has 0 aliphatic carbocycles. The molecular formula is C15H14INO6. The first kappa shape index (κ1) is 18.8. The fourth-order valence-corrected chi connectivity index (χ4v) is 2.39. The molecule has 0 heterocycles. The molecule has 1 aromatic carbocycles. The number of carbonyl (C=O) groups is 2. The maximum Gasteiger partial charge on any atom is 0.348 e. The number of benzene rings is 1. The van der Waals surface area contributed by atoms with E-state index in [2.05, 4.69) is 0 Å². The highest BCUT2D eigenvalue weighted by Crippen LogP contribution is 2.34. The summed E-state index contributed by atoms with van der Waals surface area (Å²) in [6.07, 6.45) is 1.36. The number of rotatable bonds is 7. The van der Waals surface area contributed by atoms with Crippen LogP contribution in [0.15, 0.2) is 17.7 Å². The van der Waals surface area contributed by atoms with Crippen molar-refractivity contribution in [3.8, 4) is 17.6 Å². The molecule has 0 unspecified atom stereocenters. The molecule has 0 saturated heterocycles. The van der Waals surface area contributed by atoms with Crippen molar-refractivity contribution >= 4 is 40.6 Å². The number of hydrogen-bond donors (Lipinski definition) is 1. The average molecular weight is 431 g/mol. The van der Waals surface area contributed by atoms with Crippen LogP contribution in [-0.2, 0) is 14.3 Å². The van der Waals surface area contributed by atoms with Gasteiger partial charge in [0.25, 0.3) is 0 Å². The summed E-state index contributed by atoms with van der Waals surface area (Å²) >= 11 is 1.95. The van der Waals surface area contributed by atoms with E-state index in [-0.39, 0.29) is 17.9 Å². The van der Waals surface area contributed by atoms with Crippen LogP contribution in [0.3, 0.4) is 0 Å². The molecule has 23 heavy (non-hydrogen) atoms. The van der Waals surface area contributed by atoms with Crippen molar-refractivity contribution in [1.29, 1.82) is 5.26 Å². The summed E-state index contributed by atoms with van der Waals surface area (Å²) in [4.78, 5) is 22.2. The number of nitriles is 1. The first-order valence-corrected chi connectivity index (χ1v) is 7.51. The summed E-state index contributed by atoms with van der Waals surface area (Å²) in [6.45, 7) is 1.31. The Morgan fingerprint density at radius 3 is 2.65 bits per heavy atom. The fourth-order valence-electron chi connectivity index (χ4n) is 1.61. The lowest BCUT2D eigenvalue weighted by molar-refractivity contribution is -0.139. The Hall–Kier alpha value is -2.28. The van der Waals surface area contributed by atoms with Crippen molar-refractivity contribution in [2.24, 2.45) is 0 Å². The van der Waals surface area contributed by atoms with Gasteiger partial charge >= 0.3 is 11.9 Å². The molecule has 0 aliphatic rings. The van der Waals surface area contributed by atoms with Crippen LogP contribution in [0.5, 0.6) is 11.5 Å². The van der Waals surface area contributed by atoms with Crippen molar-refractivity contribution in [2.75, 3.05) is 20.3 Å². The van der Waals surface area contributed by atoms with Crippen molar-refractivity contribution in [1.82, 2.24) is 0 Å². The second-order valence-electron chi connectivity index (χ2n) is 4.11. The first-order valence-electron chi connectivity index (χ1n) is 6.44. The van der Waals surface area contributed by atoms with Crippen LogP contribution in [0.25, 0.3) is 6.08 Å². The molecule has 0 saturated carbocycles. The normalized spacial score (nSPS) is 10.6. The Balaban J connectivity index is 3.20. The van der Waals surface area contributed by atoms with Crippen LogP contribution in [0.4, 0.5) is 0 Å². The molecule has 1 aromatic rings. The van der Waals surface area contributed by atoms with E-state index in [1.54, 1.807) is 19.1 Å². The smallest absolute Gasteiger partial charge is 0.348 e. The molecule has 0 fully saturated rings. The summed E-state index contributed by atoms with van der Waals surface area (Å²) in [5.74, 6) is -1.25. The van der Waals surface area contributed by atoms with Gasteiger partial charge in [0.15, 0.2) is 18.1 Å². The SMILES string of the molecule is CCOC(=O)/C(C#N)=C/c1cc(I)c(OCC(=O)O)c(OC)c1. The topological polar surface area (TPSA) is 106 Å². The van der Waals surface area contributed by atoms with Crippen LogP contribution in [-0.4, -0.2) is 37.4 Å². The first-order chi connectivity index (χ1) is 10.9. The van der Waals surface area contributed by atoms with Gasteiger partial charge in [-0.3, -0.25) is 0 Å². The number of aliphatic carboxylic acids is 1. The molecule has 7 nitrogen and oxygen atoms in total. The molecule has 0 bridgehead atoms. The number of esters is 1. The quantitative estimate of drug-likeness (QED) is 0.306.